The first-order valence-corrected chi connectivity index (χ1v) is 6.49. The third-order valence-electron chi connectivity index (χ3n) is 4.02. The van der Waals surface area contributed by atoms with Crippen LogP contribution in [0.3, 0.4) is 0 Å². The monoisotopic (exact) mass is 268 g/mol. The molecule has 19 heavy (non-hydrogen) atoms. The summed E-state index contributed by atoms with van der Waals surface area (Å²) in [6.07, 6.45) is 0.995. The third-order valence-corrected chi connectivity index (χ3v) is 4.02. The summed E-state index contributed by atoms with van der Waals surface area (Å²) in [7, 11) is 0. The molecule has 1 unspecified atom stereocenters. The van der Waals surface area contributed by atoms with Crippen LogP contribution >= 0.6 is 0 Å². The van der Waals surface area contributed by atoms with Gasteiger partial charge < -0.3 is 14.8 Å². The number of carboxylic acid groups (broad SMARTS) is 1. The lowest BCUT2D eigenvalue weighted by Crippen LogP contribution is -2.54. The Hall–Kier alpha value is -1.59. The Labute approximate surface area is 112 Å². The Bertz CT molecular complexity index is 417. The number of likely N-dealkylation sites (tertiary alicyclic amines) is 1. The maximum absolute atomic E-state index is 11.1. The Morgan fingerprint density at radius 1 is 1.47 bits per heavy atom. The predicted octanol–water partition coefficient (Wildman–Crippen LogP) is 1.75. The van der Waals surface area contributed by atoms with E-state index in [9.17, 15) is 9.59 Å². The van der Waals surface area contributed by atoms with Gasteiger partial charge in [-0.3, -0.25) is 4.79 Å². The second-order valence-corrected chi connectivity index (χ2v) is 6.36. The number of hydrogen-bond acceptors (Lipinski definition) is 4. The van der Waals surface area contributed by atoms with Gasteiger partial charge in [-0.1, -0.05) is 25.9 Å². The number of amides is 1. The summed E-state index contributed by atoms with van der Waals surface area (Å²) < 4.78 is 0. The molecule has 1 N–H and O–H groups in total. The van der Waals surface area contributed by atoms with Gasteiger partial charge in [-0.25, -0.2) is 4.79 Å². The number of aldehydes is 1. The smallest absolute Gasteiger partial charge is 0.407 e. The van der Waals surface area contributed by atoms with E-state index in [0.717, 1.165) is 6.29 Å². The van der Waals surface area contributed by atoms with Gasteiger partial charge >= 0.3 is 6.09 Å². The average Bonchev–Trinajstić information content (AvgIpc) is 2.68. The van der Waals surface area contributed by atoms with Crippen molar-refractivity contribution in [2.45, 2.75) is 39.2 Å². The molecule has 6 heteroatoms. The molecule has 0 bridgehead atoms. The first kappa shape index (κ1) is 13.8. The van der Waals surface area contributed by atoms with Crippen molar-refractivity contribution in [1.82, 2.24) is 4.90 Å². The molecule has 0 aromatic rings. The van der Waals surface area contributed by atoms with Crippen molar-refractivity contribution >= 4 is 18.1 Å². The lowest BCUT2D eigenvalue weighted by atomic mass is 9.65. The van der Waals surface area contributed by atoms with Gasteiger partial charge in [0.2, 0.25) is 0 Å². The van der Waals surface area contributed by atoms with Crippen molar-refractivity contribution < 1.29 is 19.5 Å². The zero-order valence-corrected chi connectivity index (χ0v) is 11.5. The lowest BCUT2D eigenvalue weighted by molar-refractivity contribution is -0.105. The minimum Gasteiger partial charge on any atom is -0.465 e. The Kier molecular flexibility index (Phi) is 3.28. The fourth-order valence-electron chi connectivity index (χ4n) is 3.30. The second kappa shape index (κ2) is 4.51. The summed E-state index contributed by atoms with van der Waals surface area (Å²) in [5.74, 6) is -0.0894. The number of carbonyl (C=O) groups excluding carboxylic acids is 1. The summed E-state index contributed by atoms with van der Waals surface area (Å²) in [6, 6.07) is 0. The quantitative estimate of drug-likeness (QED) is 0.735. The van der Waals surface area contributed by atoms with Gasteiger partial charge in [0.25, 0.3) is 0 Å². The van der Waals surface area contributed by atoms with Crippen molar-refractivity contribution in [1.29, 1.82) is 0 Å². The van der Waals surface area contributed by atoms with E-state index in [-0.39, 0.29) is 11.3 Å². The average molecular weight is 268 g/mol. The summed E-state index contributed by atoms with van der Waals surface area (Å²) in [5, 5.41) is 12.9. The summed E-state index contributed by atoms with van der Waals surface area (Å²) in [5.41, 5.74) is -0.237. The molecule has 0 aromatic heterocycles. The fourth-order valence-corrected chi connectivity index (χ4v) is 3.30. The van der Waals surface area contributed by atoms with Gasteiger partial charge in [-0.2, -0.15) is 0 Å². The Morgan fingerprint density at radius 2 is 2.05 bits per heavy atom. The number of carbonyl (C=O) groups is 2. The molecule has 0 radical (unpaired) electrons. The molecular formula is C13H20N2O4. The predicted molar refractivity (Wildman–Crippen MR) is 69.1 cm³/mol. The van der Waals surface area contributed by atoms with Crippen LogP contribution in [0.1, 0.15) is 33.6 Å². The van der Waals surface area contributed by atoms with Gasteiger partial charge in [0, 0.05) is 25.9 Å². The first-order chi connectivity index (χ1) is 8.80. The minimum absolute atomic E-state index is 0.0894. The van der Waals surface area contributed by atoms with E-state index in [4.69, 9.17) is 9.94 Å². The van der Waals surface area contributed by atoms with Crippen LogP contribution in [-0.2, 0) is 9.63 Å². The van der Waals surface area contributed by atoms with Crippen LogP contribution in [-0.4, -0.2) is 46.8 Å². The highest BCUT2D eigenvalue weighted by Crippen LogP contribution is 2.47. The van der Waals surface area contributed by atoms with E-state index in [2.05, 4.69) is 25.9 Å². The standard InChI is InChI=1S/C13H20N2O4/c1-12(2,3)10-9(8-16)14-19-13(10)4-6-15(7-5-13)11(17)18/h8,10H,4-7H2,1-3H3,(H,17,18). The molecule has 2 aliphatic heterocycles. The van der Waals surface area contributed by atoms with Crippen molar-refractivity contribution in [2.75, 3.05) is 13.1 Å². The fraction of sp³-hybridized carbons (Fsp3) is 0.769. The molecule has 1 saturated heterocycles. The molecule has 2 aliphatic rings. The van der Waals surface area contributed by atoms with Crippen LogP contribution in [0.2, 0.25) is 0 Å². The van der Waals surface area contributed by atoms with Crippen molar-refractivity contribution in [3.8, 4) is 0 Å². The molecule has 0 aromatic carbocycles. The van der Waals surface area contributed by atoms with Crippen LogP contribution in [0, 0.1) is 11.3 Å². The summed E-state index contributed by atoms with van der Waals surface area (Å²) >= 11 is 0. The molecule has 1 amide bonds. The van der Waals surface area contributed by atoms with Crippen molar-refractivity contribution in [2.24, 2.45) is 16.5 Å². The topological polar surface area (TPSA) is 79.2 Å². The first-order valence-electron chi connectivity index (χ1n) is 6.49. The van der Waals surface area contributed by atoms with Crippen LogP contribution in [0.4, 0.5) is 4.79 Å². The highest BCUT2D eigenvalue weighted by molar-refractivity contribution is 6.30. The molecule has 2 rings (SSSR count). The molecular weight excluding hydrogens is 248 g/mol. The normalized spacial score (nSPS) is 25.9. The molecule has 2 heterocycles. The van der Waals surface area contributed by atoms with Crippen molar-refractivity contribution in [3.05, 3.63) is 0 Å². The minimum atomic E-state index is -0.906. The zero-order chi connectivity index (χ0) is 14.3. The van der Waals surface area contributed by atoms with E-state index in [1.165, 1.54) is 4.90 Å². The van der Waals surface area contributed by atoms with Crippen LogP contribution < -0.4 is 0 Å². The largest absolute Gasteiger partial charge is 0.465 e. The highest BCUT2D eigenvalue weighted by Gasteiger charge is 2.55. The Morgan fingerprint density at radius 3 is 2.47 bits per heavy atom. The van der Waals surface area contributed by atoms with Crippen LogP contribution in [0.15, 0.2) is 5.16 Å². The maximum atomic E-state index is 11.1. The number of oxime groups is 1. The number of hydrogen-bond donors (Lipinski definition) is 1. The van der Waals surface area contributed by atoms with Gasteiger partial charge in [0.05, 0.1) is 5.92 Å². The van der Waals surface area contributed by atoms with Crippen LogP contribution in [0.25, 0.3) is 0 Å². The summed E-state index contributed by atoms with van der Waals surface area (Å²) in [4.78, 5) is 29.1. The number of piperidine rings is 1. The van der Waals surface area contributed by atoms with E-state index < -0.39 is 11.7 Å². The molecule has 6 nitrogen and oxygen atoms in total. The molecule has 1 spiro atoms. The molecule has 1 fully saturated rings. The lowest BCUT2D eigenvalue weighted by Gasteiger charge is -2.44. The zero-order valence-electron chi connectivity index (χ0n) is 11.5. The van der Waals surface area contributed by atoms with Gasteiger partial charge in [0.15, 0.2) is 6.29 Å². The third kappa shape index (κ3) is 2.31. The number of rotatable bonds is 1. The van der Waals surface area contributed by atoms with E-state index >= 15 is 0 Å². The van der Waals surface area contributed by atoms with Gasteiger partial charge in [-0.05, 0) is 5.41 Å². The molecule has 106 valence electrons. The van der Waals surface area contributed by atoms with Crippen molar-refractivity contribution in [3.63, 3.8) is 0 Å². The Balaban J connectivity index is 2.21. The van der Waals surface area contributed by atoms with E-state index in [0.29, 0.717) is 31.6 Å². The van der Waals surface area contributed by atoms with Crippen LogP contribution in [0.5, 0.6) is 0 Å². The summed E-state index contributed by atoms with van der Waals surface area (Å²) in [6.45, 7) is 7.00. The van der Waals surface area contributed by atoms with Gasteiger partial charge in [-0.15, -0.1) is 0 Å². The second-order valence-electron chi connectivity index (χ2n) is 6.36. The molecule has 0 aliphatic carbocycles. The SMILES string of the molecule is CC(C)(C)C1C(C=O)=NOC12CCN(C(=O)O)CC2. The van der Waals surface area contributed by atoms with E-state index in [1.54, 1.807) is 0 Å². The maximum Gasteiger partial charge on any atom is 0.407 e. The molecule has 0 saturated carbocycles. The van der Waals surface area contributed by atoms with Gasteiger partial charge in [0.1, 0.15) is 11.3 Å². The molecule has 1 atom stereocenters. The van der Waals surface area contributed by atoms with E-state index in [1.807, 2.05) is 0 Å². The highest BCUT2D eigenvalue weighted by atomic mass is 16.7. The number of nitrogens with zero attached hydrogens (tertiary/aromatic N) is 2.